The summed E-state index contributed by atoms with van der Waals surface area (Å²) in [5.41, 5.74) is 10.2. The Morgan fingerprint density at radius 2 is 1.53 bits per heavy atom. The Morgan fingerprint density at radius 3 is 2.25 bits per heavy atom. The van der Waals surface area contributed by atoms with Gasteiger partial charge in [0.25, 0.3) is 5.91 Å². The van der Waals surface area contributed by atoms with Crippen molar-refractivity contribution in [3.63, 3.8) is 0 Å². The van der Waals surface area contributed by atoms with Gasteiger partial charge < -0.3 is 10.6 Å². The van der Waals surface area contributed by atoms with E-state index in [1.165, 1.54) is 4.31 Å². The normalized spacial score (nSPS) is 15.9. The van der Waals surface area contributed by atoms with Crippen LogP contribution >= 0.6 is 0 Å². The second kappa shape index (κ2) is 8.69. The largest absolute Gasteiger partial charge is 0.368 e. The number of nitrogens with two attached hydrogens (primary N) is 1. The first-order valence-corrected chi connectivity index (χ1v) is 13.4. The molecule has 0 saturated carbocycles. The van der Waals surface area contributed by atoms with Gasteiger partial charge in [0.1, 0.15) is 5.69 Å². The Bertz CT molecular complexity index is 1590. The molecule has 6 rings (SSSR count). The number of rotatable bonds is 4. The molecule has 36 heavy (non-hydrogen) atoms. The minimum absolute atomic E-state index is 0.0207. The smallest absolute Gasteiger partial charge is 0.273 e. The minimum atomic E-state index is -3.64. The predicted molar refractivity (Wildman–Crippen MR) is 137 cm³/mol. The van der Waals surface area contributed by atoms with Crippen LogP contribution in [-0.2, 0) is 23.1 Å². The number of anilines is 1. The fourth-order valence-electron chi connectivity index (χ4n) is 5.10. The van der Waals surface area contributed by atoms with Crippen molar-refractivity contribution in [1.29, 1.82) is 0 Å². The standard InChI is InChI=1S/C27H25N5O3S/c28-27-29-23-12-11-18(21-9-3-4-10-24(21)36(34,35)32-13-5-6-14-32)15-22(23)25(30-27)26(33)31-16-19-7-1-2-8-20(19)17-31/h1-4,7-12,15H,5-6,13-14,16-17H2,(H2,28,29,30). The number of hydrogen-bond donors (Lipinski definition) is 1. The summed E-state index contributed by atoms with van der Waals surface area (Å²) in [5.74, 6) is -0.215. The van der Waals surface area contributed by atoms with Crippen molar-refractivity contribution < 1.29 is 13.2 Å². The number of sulfonamides is 1. The van der Waals surface area contributed by atoms with Crippen molar-refractivity contribution in [1.82, 2.24) is 19.2 Å². The van der Waals surface area contributed by atoms with Crippen LogP contribution in [0, 0.1) is 0 Å². The molecule has 3 heterocycles. The van der Waals surface area contributed by atoms with Crippen LogP contribution in [0.5, 0.6) is 0 Å². The first kappa shape index (κ1) is 22.6. The molecule has 0 bridgehead atoms. The zero-order valence-corrected chi connectivity index (χ0v) is 20.4. The van der Waals surface area contributed by atoms with E-state index in [9.17, 15) is 13.2 Å². The zero-order chi connectivity index (χ0) is 24.9. The monoisotopic (exact) mass is 499 g/mol. The number of aromatic nitrogens is 2. The average Bonchev–Trinajstić information content (AvgIpc) is 3.58. The van der Waals surface area contributed by atoms with E-state index in [4.69, 9.17) is 5.73 Å². The molecule has 8 nitrogen and oxygen atoms in total. The van der Waals surface area contributed by atoms with E-state index in [2.05, 4.69) is 9.97 Å². The molecule has 2 N–H and O–H groups in total. The molecule has 0 unspecified atom stereocenters. The van der Waals surface area contributed by atoms with E-state index < -0.39 is 10.0 Å². The van der Waals surface area contributed by atoms with Gasteiger partial charge in [-0.1, -0.05) is 48.5 Å². The molecule has 2 aliphatic heterocycles. The van der Waals surface area contributed by atoms with Crippen LogP contribution in [0.3, 0.4) is 0 Å². The van der Waals surface area contributed by atoms with E-state index in [0.717, 1.165) is 24.0 Å². The molecule has 0 radical (unpaired) electrons. The highest BCUT2D eigenvalue weighted by Gasteiger charge is 2.30. The molecule has 4 aromatic rings. The molecule has 1 saturated heterocycles. The summed E-state index contributed by atoms with van der Waals surface area (Å²) in [7, 11) is -3.64. The lowest BCUT2D eigenvalue weighted by Crippen LogP contribution is -2.28. The summed E-state index contributed by atoms with van der Waals surface area (Å²) in [5, 5.41) is 0.538. The van der Waals surface area contributed by atoms with Gasteiger partial charge in [-0.15, -0.1) is 0 Å². The molecule has 1 fully saturated rings. The highest BCUT2D eigenvalue weighted by Crippen LogP contribution is 2.34. The predicted octanol–water partition coefficient (Wildman–Crippen LogP) is 3.82. The van der Waals surface area contributed by atoms with Gasteiger partial charge in [-0.05, 0) is 47.7 Å². The van der Waals surface area contributed by atoms with E-state index in [-0.39, 0.29) is 22.4 Å². The van der Waals surface area contributed by atoms with Gasteiger partial charge in [0.05, 0.1) is 10.4 Å². The van der Waals surface area contributed by atoms with Crippen LogP contribution in [-0.4, -0.2) is 46.6 Å². The quantitative estimate of drug-likeness (QED) is 0.457. The summed E-state index contributed by atoms with van der Waals surface area (Å²) >= 11 is 0. The van der Waals surface area contributed by atoms with Gasteiger partial charge in [-0.25, -0.2) is 18.4 Å². The molecular weight excluding hydrogens is 474 g/mol. The number of fused-ring (bicyclic) bond motifs is 2. The number of nitrogen functional groups attached to an aromatic ring is 1. The lowest BCUT2D eigenvalue weighted by Gasteiger charge is -2.19. The van der Waals surface area contributed by atoms with Crippen LogP contribution in [0.4, 0.5) is 5.95 Å². The van der Waals surface area contributed by atoms with Crippen molar-refractivity contribution in [2.75, 3.05) is 18.8 Å². The van der Waals surface area contributed by atoms with Gasteiger partial charge in [0.15, 0.2) is 0 Å². The average molecular weight is 500 g/mol. The third-order valence-corrected chi connectivity index (χ3v) is 8.88. The van der Waals surface area contributed by atoms with Crippen molar-refractivity contribution in [2.45, 2.75) is 30.8 Å². The van der Waals surface area contributed by atoms with Crippen molar-refractivity contribution in [3.8, 4) is 11.1 Å². The molecule has 2 aliphatic rings. The lowest BCUT2D eigenvalue weighted by molar-refractivity contribution is 0.0747. The molecule has 0 aliphatic carbocycles. The van der Waals surface area contributed by atoms with Crippen LogP contribution in [0.25, 0.3) is 22.0 Å². The minimum Gasteiger partial charge on any atom is -0.368 e. The maximum absolute atomic E-state index is 13.6. The van der Waals surface area contributed by atoms with Gasteiger partial charge >= 0.3 is 0 Å². The fourth-order valence-corrected chi connectivity index (χ4v) is 6.83. The maximum atomic E-state index is 13.6. The van der Waals surface area contributed by atoms with Gasteiger partial charge in [0.2, 0.25) is 16.0 Å². The number of carbonyl (C=O) groups excluding carboxylic acids is 1. The molecule has 182 valence electrons. The number of nitrogens with zero attached hydrogens (tertiary/aromatic N) is 4. The summed E-state index contributed by atoms with van der Waals surface area (Å²) in [6, 6.07) is 20.3. The highest BCUT2D eigenvalue weighted by molar-refractivity contribution is 7.89. The van der Waals surface area contributed by atoms with Crippen LogP contribution < -0.4 is 5.73 Å². The number of hydrogen-bond acceptors (Lipinski definition) is 6. The third-order valence-electron chi connectivity index (χ3n) is 6.92. The second-order valence-corrected chi connectivity index (χ2v) is 11.1. The first-order valence-electron chi connectivity index (χ1n) is 11.9. The first-order chi connectivity index (χ1) is 17.4. The molecular formula is C27H25N5O3S. The van der Waals surface area contributed by atoms with Crippen molar-refractivity contribution >= 4 is 32.8 Å². The number of amides is 1. The molecule has 0 atom stereocenters. The molecule has 1 aromatic heterocycles. The van der Waals surface area contributed by atoms with Gasteiger partial charge in [-0.3, -0.25) is 4.79 Å². The van der Waals surface area contributed by atoms with Crippen LogP contribution in [0.15, 0.2) is 71.6 Å². The molecule has 1 amide bonds. The Morgan fingerprint density at radius 1 is 0.861 bits per heavy atom. The third kappa shape index (κ3) is 3.81. The zero-order valence-electron chi connectivity index (χ0n) is 19.6. The molecule has 0 spiro atoms. The molecule has 3 aromatic carbocycles. The SMILES string of the molecule is Nc1nc(C(=O)N2Cc3ccccc3C2)c2cc(-c3ccccc3S(=O)(=O)N3CCCC3)ccc2n1. The van der Waals surface area contributed by atoms with Crippen molar-refractivity contribution in [3.05, 3.63) is 83.6 Å². The Labute approximate surface area is 209 Å². The Balaban J connectivity index is 1.44. The molecule has 9 heteroatoms. The summed E-state index contributed by atoms with van der Waals surface area (Å²) < 4.78 is 28.4. The van der Waals surface area contributed by atoms with Crippen molar-refractivity contribution in [2.24, 2.45) is 0 Å². The summed E-state index contributed by atoms with van der Waals surface area (Å²) in [4.78, 5) is 24.3. The van der Waals surface area contributed by atoms with E-state index in [1.807, 2.05) is 36.4 Å². The Hall–Kier alpha value is -3.82. The van der Waals surface area contributed by atoms with Gasteiger partial charge in [-0.2, -0.15) is 4.31 Å². The summed E-state index contributed by atoms with van der Waals surface area (Å²) in [6.45, 7) is 2.05. The maximum Gasteiger partial charge on any atom is 0.273 e. The van der Waals surface area contributed by atoms with E-state index >= 15 is 0 Å². The fraction of sp³-hybridized carbons (Fsp3) is 0.222. The van der Waals surface area contributed by atoms with E-state index in [0.29, 0.717) is 48.2 Å². The second-order valence-electron chi connectivity index (χ2n) is 9.20. The van der Waals surface area contributed by atoms with Crippen LogP contribution in [0.1, 0.15) is 34.5 Å². The number of benzene rings is 3. The topological polar surface area (TPSA) is 109 Å². The van der Waals surface area contributed by atoms with Crippen LogP contribution in [0.2, 0.25) is 0 Å². The van der Waals surface area contributed by atoms with Gasteiger partial charge in [0, 0.05) is 37.1 Å². The summed E-state index contributed by atoms with van der Waals surface area (Å²) in [6.07, 6.45) is 1.73. The van der Waals surface area contributed by atoms with E-state index in [1.54, 1.807) is 35.2 Å². The highest BCUT2D eigenvalue weighted by atomic mass is 32.2. The lowest BCUT2D eigenvalue weighted by atomic mass is 10.0. The number of carbonyl (C=O) groups is 1. The Kier molecular flexibility index (Phi) is 5.46.